The molecule has 0 aliphatic heterocycles. The highest BCUT2D eigenvalue weighted by Crippen LogP contribution is 2.30. The predicted octanol–water partition coefficient (Wildman–Crippen LogP) is 2.86. The molecule has 0 saturated heterocycles. The van der Waals surface area contributed by atoms with Gasteiger partial charge >= 0.3 is 5.97 Å². The minimum Gasteiger partial charge on any atom is -0.465 e. The fraction of sp³-hybridized carbons (Fsp3) is 0.643. The molecule has 1 atom stereocenters. The van der Waals surface area contributed by atoms with Gasteiger partial charge in [-0.25, -0.2) is 0 Å². The van der Waals surface area contributed by atoms with Crippen molar-refractivity contribution in [3.8, 4) is 6.07 Å². The van der Waals surface area contributed by atoms with E-state index in [9.17, 15) is 10.1 Å². The van der Waals surface area contributed by atoms with Crippen LogP contribution in [0.25, 0.3) is 0 Å². The number of nitriles is 1. The molecule has 1 aromatic rings. The molecule has 0 fully saturated rings. The van der Waals surface area contributed by atoms with Gasteiger partial charge in [0.2, 0.25) is 0 Å². The zero-order valence-electron chi connectivity index (χ0n) is 12.4. The lowest BCUT2D eigenvalue weighted by Gasteiger charge is -2.20. The van der Waals surface area contributed by atoms with Crippen LogP contribution >= 0.6 is 15.9 Å². The van der Waals surface area contributed by atoms with Crippen LogP contribution in [0.2, 0.25) is 0 Å². The summed E-state index contributed by atoms with van der Waals surface area (Å²) in [7, 11) is 0. The Hall–Kier alpha value is -1.35. The molecule has 0 aliphatic rings. The molecule has 6 heteroatoms. The minimum absolute atomic E-state index is 0.268. The Labute approximate surface area is 128 Å². The lowest BCUT2D eigenvalue weighted by molar-refractivity contribution is -0.151. The van der Waals surface area contributed by atoms with Crippen LogP contribution in [0.4, 0.5) is 0 Å². The van der Waals surface area contributed by atoms with Gasteiger partial charge in [-0.05, 0) is 43.1 Å². The highest BCUT2D eigenvalue weighted by Gasteiger charge is 2.37. The normalized spacial score (nSPS) is 13.6. The van der Waals surface area contributed by atoms with Gasteiger partial charge < -0.3 is 4.74 Å². The minimum atomic E-state index is -1.20. The summed E-state index contributed by atoms with van der Waals surface area (Å²) in [6, 6.07) is 2.08. The van der Waals surface area contributed by atoms with Gasteiger partial charge in [-0.1, -0.05) is 6.92 Å². The number of aryl methyl sites for hydroxylation is 2. The molecule has 0 aliphatic carbocycles. The van der Waals surface area contributed by atoms with E-state index in [4.69, 9.17) is 4.74 Å². The molecule has 20 heavy (non-hydrogen) atoms. The maximum atomic E-state index is 12.0. The quantitative estimate of drug-likeness (QED) is 0.746. The first kappa shape index (κ1) is 16.7. The van der Waals surface area contributed by atoms with Crippen molar-refractivity contribution < 1.29 is 9.53 Å². The van der Waals surface area contributed by atoms with E-state index >= 15 is 0 Å². The summed E-state index contributed by atoms with van der Waals surface area (Å²) in [5.41, 5.74) is 0.601. The van der Waals surface area contributed by atoms with E-state index in [0.717, 1.165) is 22.3 Å². The molecule has 1 unspecified atom stereocenters. The molecule has 0 saturated carbocycles. The molecule has 5 nitrogen and oxygen atoms in total. The predicted molar refractivity (Wildman–Crippen MR) is 79.0 cm³/mol. The maximum Gasteiger partial charge on any atom is 0.326 e. The van der Waals surface area contributed by atoms with E-state index in [1.165, 1.54) is 0 Å². The molecule has 0 spiro atoms. The number of ether oxygens (including phenoxy) is 1. The number of rotatable bonds is 6. The van der Waals surface area contributed by atoms with Crippen molar-refractivity contribution in [3.63, 3.8) is 0 Å². The molecule has 1 heterocycles. The van der Waals surface area contributed by atoms with Crippen molar-refractivity contribution in [1.82, 2.24) is 9.78 Å². The Balaban J connectivity index is 3.16. The van der Waals surface area contributed by atoms with Crippen molar-refractivity contribution in [1.29, 1.82) is 5.26 Å². The number of carbonyl (C=O) groups is 1. The Bertz CT molecular complexity index is 533. The van der Waals surface area contributed by atoms with Gasteiger partial charge in [-0.2, -0.15) is 10.4 Å². The first-order valence-corrected chi connectivity index (χ1v) is 7.55. The molecule has 0 bridgehead atoms. The van der Waals surface area contributed by atoms with Gasteiger partial charge in [0.1, 0.15) is 0 Å². The van der Waals surface area contributed by atoms with E-state index in [1.807, 2.05) is 18.5 Å². The van der Waals surface area contributed by atoms with E-state index in [2.05, 4.69) is 27.1 Å². The van der Waals surface area contributed by atoms with Crippen molar-refractivity contribution in [2.75, 3.05) is 6.61 Å². The molecule has 1 aromatic heterocycles. The standard InChI is InChI=1S/C14H20BrN3O2/c1-5-10-12(15)11(18(6-2)17-10)8-14(4,9-16)13(19)20-7-3/h5-8H2,1-4H3. The molecule has 1 rings (SSSR count). The van der Waals surface area contributed by atoms with Gasteiger partial charge in [-0.15, -0.1) is 0 Å². The fourth-order valence-electron chi connectivity index (χ4n) is 1.97. The molecule has 0 radical (unpaired) electrons. The summed E-state index contributed by atoms with van der Waals surface area (Å²) in [5.74, 6) is -0.490. The number of nitrogens with zero attached hydrogens (tertiary/aromatic N) is 3. The Kier molecular flexibility index (Phi) is 5.75. The molecule has 0 aromatic carbocycles. The van der Waals surface area contributed by atoms with Crippen molar-refractivity contribution in [3.05, 3.63) is 15.9 Å². The van der Waals surface area contributed by atoms with Crippen LogP contribution in [0, 0.1) is 16.7 Å². The van der Waals surface area contributed by atoms with Crippen LogP contribution < -0.4 is 0 Å². The average Bonchev–Trinajstić information content (AvgIpc) is 2.75. The van der Waals surface area contributed by atoms with Crippen LogP contribution in [0.5, 0.6) is 0 Å². The number of halogens is 1. The number of aromatic nitrogens is 2. The van der Waals surface area contributed by atoms with Gasteiger partial charge in [0, 0.05) is 13.0 Å². The number of esters is 1. The van der Waals surface area contributed by atoms with Crippen LogP contribution in [-0.4, -0.2) is 22.4 Å². The number of hydrogen-bond acceptors (Lipinski definition) is 4. The van der Waals surface area contributed by atoms with Crippen LogP contribution in [0.15, 0.2) is 4.47 Å². The van der Waals surface area contributed by atoms with Crippen LogP contribution in [-0.2, 0) is 28.9 Å². The number of hydrogen-bond donors (Lipinski definition) is 0. The summed E-state index contributed by atoms with van der Waals surface area (Å²) < 4.78 is 7.72. The zero-order chi connectivity index (χ0) is 15.3. The number of carbonyl (C=O) groups excluding carboxylic acids is 1. The fourth-order valence-corrected chi connectivity index (χ4v) is 2.67. The topological polar surface area (TPSA) is 67.9 Å². The lowest BCUT2D eigenvalue weighted by atomic mass is 9.87. The highest BCUT2D eigenvalue weighted by molar-refractivity contribution is 9.10. The third kappa shape index (κ3) is 3.21. The van der Waals surface area contributed by atoms with Gasteiger partial charge in [0.15, 0.2) is 5.41 Å². The molecule has 0 N–H and O–H groups in total. The van der Waals surface area contributed by atoms with Gasteiger partial charge in [0.05, 0.1) is 28.5 Å². The van der Waals surface area contributed by atoms with Crippen molar-refractivity contribution >= 4 is 21.9 Å². The summed E-state index contributed by atoms with van der Waals surface area (Å²) in [5, 5.41) is 13.8. The molecule has 110 valence electrons. The van der Waals surface area contributed by atoms with Crippen LogP contribution in [0.3, 0.4) is 0 Å². The monoisotopic (exact) mass is 341 g/mol. The summed E-state index contributed by atoms with van der Waals surface area (Å²) >= 11 is 3.53. The molecular weight excluding hydrogens is 322 g/mol. The highest BCUT2D eigenvalue weighted by atomic mass is 79.9. The van der Waals surface area contributed by atoms with E-state index in [0.29, 0.717) is 6.54 Å². The van der Waals surface area contributed by atoms with Gasteiger partial charge in [-0.3, -0.25) is 9.48 Å². The molecule has 0 amide bonds. The van der Waals surface area contributed by atoms with Crippen LogP contribution in [0.1, 0.15) is 39.1 Å². The smallest absolute Gasteiger partial charge is 0.326 e. The van der Waals surface area contributed by atoms with Crippen molar-refractivity contribution in [2.24, 2.45) is 5.41 Å². The third-order valence-corrected chi connectivity index (χ3v) is 4.10. The second-order valence-corrected chi connectivity index (χ2v) is 5.51. The summed E-state index contributed by atoms with van der Waals surface area (Å²) in [6.45, 7) is 8.30. The van der Waals surface area contributed by atoms with E-state index in [1.54, 1.807) is 13.8 Å². The third-order valence-electron chi connectivity index (χ3n) is 3.19. The zero-order valence-corrected chi connectivity index (χ0v) is 14.0. The Morgan fingerprint density at radius 1 is 1.50 bits per heavy atom. The SMILES string of the molecule is CCOC(=O)C(C)(C#N)Cc1c(Br)c(CC)nn1CC. The van der Waals surface area contributed by atoms with Gasteiger partial charge in [0.25, 0.3) is 0 Å². The largest absolute Gasteiger partial charge is 0.465 e. The summed E-state index contributed by atoms with van der Waals surface area (Å²) in [6.07, 6.45) is 1.08. The lowest BCUT2D eigenvalue weighted by Crippen LogP contribution is -2.31. The Morgan fingerprint density at radius 3 is 2.60 bits per heavy atom. The first-order valence-electron chi connectivity index (χ1n) is 6.75. The summed E-state index contributed by atoms with van der Waals surface area (Å²) in [4.78, 5) is 12.0. The van der Waals surface area contributed by atoms with E-state index in [-0.39, 0.29) is 13.0 Å². The van der Waals surface area contributed by atoms with E-state index < -0.39 is 11.4 Å². The Morgan fingerprint density at radius 2 is 2.15 bits per heavy atom. The maximum absolute atomic E-state index is 12.0. The second kappa shape index (κ2) is 6.89. The molecular formula is C14H20BrN3O2. The first-order chi connectivity index (χ1) is 9.43. The second-order valence-electron chi connectivity index (χ2n) is 4.72. The van der Waals surface area contributed by atoms with Crippen molar-refractivity contribution in [2.45, 2.75) is 47.1 Å². The average molecular weight is 342 g/mol.